The zero-order chi connectivity index (χ0) is 14.5. The van der Waals surface area contributed by atoms with E-state index in [2.05, 4.69) is 20.9 Å². The maximum absolute atomic E-state index is 5.48. The molecule has 0 aliphatic rings. The van der Waals surface area contributed by atoms with E-state index in [0.717, 1.165) is 30.4 Å². The number of aromatic nitrogens is 2. The molecule has 0 atom stereocenters. The highest BCUT2D eigenvalue weighted by Gasteiger charge is 2.11. The van der Waals surface area contributed by atoms with Gasteiger partial charge in [-0.3, -0.25) is 9.88 Å². The molecule has 4 nitrogen and oxygen atoms in total. The summed E-state index contributed by atoms with van der Waals surface area (Å²) in [7, 11) is 0. The van der Waals surface area contributed by atoms with Crippen molar-refractivity contribution in [3.63, 3.8) is 0 Å². The van der Waals surface area contributed by atoms with Crippen LogP contribution in [0.3, 0.4) is 0 Å². The summed E-state index contributed by atoms with van der Waals surface area (Å²) in [6, 6.07) is 8.00. The third kappa shape index (κ3) is 4.00. The van der Waals surface area contributed by atoms with Crippen molar-refractivity contribution in [1.29, 1.82) is 0 Å². The van der Waals surface area contributed by atoms with E-state index in [9.17, 15) is 0 Å². The molecule has 3 heterocycles. The topological polar surface area (TPSA) is 42.2 Å². The Kier molecular flexibility index (Phi) is 4.43. The highest BCUT2D eigenvalue weighted by Crippen LogP contribution is 2.18. The molecule has 5 heteroatoms. The van der Waals surface area contributed by atoms with Gasteiger partial charge >= 0.3 is 0 Å². The second kappa shape index (κ2) is 6.65. The number of aryl methyl sites for hydroxylation is 1. The molecule has 0 radical (unpaired) electrons. The molecular formula is C16H17N3OS. The van der Waals surface area contributed by atoms with Crippen LogP contribution in [0.1, 0.15) is 21.2 Å². The summed E-state index contributed by atoms with van der Waals surface area (Å²) in [6.45, 7) is 4.51. The predicted molar refractivity (Wildman–Crippen MR) is 82.7 cm³/mol. The lowest BCUT2D eigenvalue weighted by atomic mass is 10.2. The number of pyridine rings is 1. The van der Waals surface area contributed by atoms with E-state index in [0.29, 0.717) is 0 Å². The van der Waals surface area contributed by atoms with E-state index >= 15 is 0 Å². The highest BCUT2D eigenvalue weighted by molar-refractivity contribution is 7.11. The van der Waals surface area contributed by atoms with Crippen molar-refractivity contribution in [2.75, 3.05) is 0 Å². The first-order chi connectivity index (χ1) is 10.3. The average Bonchev–Trinajstić information content (AvgIpc) is 3.12. The molecule has 0 N–H and O–H groups in total. The van der Waals surface area contributed by atoms with Crippen LogP contribution in [0, 0.1) is 6.92 Å². The van der Waals surface area contributed by atoms with E-state index in [1.165, 1.54) is 10.4 Å². The summed E-state index contributed by atoms with van der Waals surface area (Å²) in [4.78, 5) is 12.1. The van der Waals surface area contributed by atoms with Gasteiger partial charge in [0.15, 0.2) is 0 Å². The summed E-state index contributed by atoms with van der Waals surface area (Å²) in [5, 5.41) is 1.10. The first-order valence-corrected chi connectivity index (χ1v) is 7.66. The number of furan rings is 1. The van der Waals surface area contributed by atoms with E-state index in [1.807, 2.05) is 37.5 Å². The van der Waals surface area contributed by atoms with Crippen LogP contribution in [0.2, 0.25) is 0 Å². The molecule has 3 aromatic heterocycles. The van der Waals surface area contributed by atoms with Crippen LogP contribution < -0.4 is 0 Å². The second-order valence-electron chi connectivity index (χ2n) is 4.93. The first-order valence-electron chi connectivity index (χ1n) is 6.84. The summed E-state index contributed by atoms with van der Waals surface area (Å²) >= 11 is 1.74. The number of hydrogen-bond donors (Lipinski definition) is 0. The molecule has 0 amide bonds. The molecule has 21 heavy (non-hydrogen) atoms. The summed E-state index contributed by atoms with van der Waals surface area (Å²) in [6.07, 6.45) is 7.38. The van der Waals surface area contributed by atoms with Crippen LogP contribution in [0.5, 0.6) is 0 Å². The minimum absolute atomic E-state index is 0.777. The maximum Gasteiger partial charge on any atom is 0.117 e. The number of hydrogen-bond acceptors (Lipinski definition) is 5. The van der Waals surface area contributed by atoms with Crippen LogP contribution in [0.15, 0.2) is 53.5 Å². The Balaban J connectivity index is 1.73. The van der Waals surface area contributed by atoms with Gasteiger partial charge in [0.1, 0.15) is 5.76 Å². The first kappa shape index (κ1) is 14.0. The van der Waals surface area contributed by atoms with Gasteiger partial charge in [-0.25, -0.2) is 4.98 Å². The Morgan fingerprint density at radius 3 is 2.76 bits per heavy atom. The monoisotopic (exact) mass is 299 g/mol. The van der Waals surface area contributed by atoms with Gasteiger partial charge in [-0.15, -0.1) is 11.3 Å². The van der Waals surface area contributed by atoms with Crippen molar-refractivity contribution >= 4 is 11.3 Å². The van der Waals surface area contributed by atoms with Crippen LogP contribution >= 0.6 is 11.3 Å². The lowest BCUT2D eigenvalue weighted by Crippen LogP contribution is -2.21. The van der Waals surface area contributed by atoms with Gasteiger partial charge in [0.25, 0.3) is 0 Å². The summed E-state index contributed by atoms with van der Waals surface area (Å²) < 4.78 is 5.48. The molecule has 0 unspecified atom stereocenters. The Morgan fingerprint density at radius 2 is 2.10 bits per heavy atom. The van der Waals surface area contributed by atoms with Crippen LogP contribution in [0.25, 0.3) is 0 Å². The largest absolute Gasteiger partial charge is 0.468 e. The SMILES string of the molecule is Cc1ncc(CN(Cc2cccnc2)Cc2ccco2)s1. The van der Waals surface area contributed by atoms with Gasteiger partial charge in [-0.1, -0.05) is 6.07 Å². The Morgan fingerprint density at radius 1 is 1.14 bits per heavy atom. The Hall–Kier alpha value is -1.98. The molecule has 0 bridgehead atoms. The quantitative estimate of drug-likeness (QED) is 0.697. The van der Waals surface area contributed by atoms with Crippen molar-refractivity contribution in [1.82, 2.24) is 14.9 Å². The Bertz CT molecular complexity index is 664. The van der Waals surface area contributed by atoms with Gasteiger partial charge in [0.05, 0.1) is 17.8 Å². The lowest BCUT2D eigenvalue weighted by molar-refractivity contribution is 0.228. The third-order valence-electron chi connectivity index (χ3n) is 3.14. The number of nitrogens with zero attached hydrogens (tertiary/aromatic N) is 3. The third-order valence-corrected chi connectivity index (χ3v) is 4.03. The zero-order valence-corrected chi connectivity index (χ0v) is 12.7. The fourth-order valence-corrected chi connectivity index (χ4v) is 3.08. The second-order valence-corrected chi connectivity index (χ2v) is 6.25. The van der Waals surface area contributed by atoms with Crippen LogP contribution in [-0.2, 0) is 19.6 Å². The molecule has 0 aliphatic carbocycles. The van der Waals surface area contributed by atoms with Crippen molar-refractivity contribution < 1.29 is 4.42 Å². The molecule has 3 rings (SSSR count). The molecule has 0 fully saturated rings. The molecular weight excluding hydrogens is 282 g/mol. The summed E-state index contributed by atoms with van der Waals surface area (Å²) in [5.74, 6) is 0.972. The van der Waals surface area contributed by atoms with Gasteiger partial charge in [-0.2, -0.15) is 0 Å². The fraction of sp³-hybridized carbons (Fsp3) is 0.250. The van der Waals surface area contributed by atoms with E-state index < -0.39 is 0 Å². The smallest absolute Gasteiger partial charge is 0.117 e. The van der Waals surface area contributed by atoms with Gasteiger partial charge in [-0.05, 0) is 30.7 Å². The minimum atomic E-state index is 0.777. The van der Waals surface area contributed by atoms with Gasteiger partial charge in [0.2, 0.25) is 0 Å². The van der Waals surface area contributed by atoms with Gasteiger partial charge < -0.3 is 4.42 Å². The minimum Gasteiger partial charge on any atom is -0.468 e. The summed E-state index contributed by atoms with van der Waals surface area (Å²) in [5.41, 5.74) is 1.20. The average molecular weight is 299 g/mol. The molecule has 0 spiro atoms. The number of thiazole rings is 1. The maximum atomic E-state index is 5.48. The molecule has 0 saturated carbocycles. The van der Waals surface area contributed by atoms with Crippen molar-refractivity contribution in [3.05, 3.63) is 70.3 Å². The highest BCUT2D eigenvalue weighted by atomic mass is 32.1. The van der Waals surface area contributed by atoms with E-state index in [-0.39, 0.29) is 0 Å². The van der Waals surface area contributed by atoms with Crippen molar-refractivity contribution in [2.45, 2.75) is 26.6 Å². The molecule has 3 aromatic rings. The predicted octanol–water partition coefficient (Wildman–Crippen LogP) is 3.64. The zero-order valence-electron chi connectivity index (χ0n) is 11.9. The lowest BCUT2D eigenvalue weighted by Gasteiger charge is -2.20. The normalized spacial score (nSPS) is 11.1. The van der Waals surface area contributed by atoms with E-state index in [4.69, 9.17) is 4.42 Å². The molecule has 0 saturated heterocycles. The molecule has 0 aliphatic heterocycles. The van der Waals surface area contributed by atoms with E-state index in [1.54, 1.807) is 23.8 Å². The molecule has 0 aromatic carbocycles. The van der Waals surface area contributed by atoms with Crippen molar-refractivity contribution in [2.24, 2.45) is 0 Å². The van der Waals surface area contributed by atoms with Crippen LogP contribution in [-0.4, -0.2) is 14.9 Å². The standard InChI is InChI=1S/C16H17N3OS/c1-13-18-9-16(21-13)12-19(11-15-5-3-7-20-15)10-14-4-2-6-17-8-14/h2-9H,10-12H2,1H3. The van der Waals surface area contributed by atoms with Gasteiger partial charge in [0, 0.05) is 36.6 Å². The fourth-order valence-electron chi connectivity index (χ4n) is 2.24. The van der Waals surface area contributed by atoms with Crippen molar-refractivity contribution in [3.8, 4) is 0 Å². The molecule has 108 valence electrons. The van der Waals surface area contributed by atoms with Crippen LogP contribution in [0.4, 0.5) is 0 Å². The Labute approximate surface area is 128 Å². The number of rotatable bonds is 6.